The standard InChI is InChI=1S/C22H18ClN7O.C2HF3O2/c1-12-5-3-8-16-29-18(13(2)28-21-19-20(25-10-24-19)26-11-27-21)17(22(31)30(12)16)14-6-4-7-15(23)9-14;3-2(4,5)1(6)7/h3-11,13H,1-2H3,(H2,24,25,26,27,28);(H,6,7). The minimum atomic E-state index is -5.08. The lowest BCUT2D eigenvalue weighted by atomic mass is 10.0. The van der Waals surface area contributed by atoms with Crippen molar-refractivity contribution < 1.29 is 23.1 Å². The summed E-state index contributed by atoms with van der Waals surface area (Å²) in [5.41, 5.74) is 4.27. The third kappa shape index (κ3) is 5.42. The van der Waals surface area contributed by atoms with Crippen molar-refractivity contribution in [3.8, 4) is 11.1 Å². The van der Waals surface area contributed by atoms with Crippen LogP contribution in [0.4, 0.5) is 19.0 Å². The summed E-state index contributed by atoms with van der Waals surface area (Å²) >= 11 is 6.24. The Morgan fingerprint density at radius 1 is 1.16 bits per heavy atom. The van der Waals surface area contributed by atoms with Crippen molar-refractivity contribution >= 4 is 40.2 Å². The van der Waals surface area contributed by atoms with Crippen molar-refractivity contribution in [1.82, 2.24) is 29.3 Å². The predicted molar refractivity (Wildman–Crippen MR) is 134 cm³/mol. The third-order valence-electron chi connectivity index (χ3n) is 5.41. The molecule has 0 amide bonds. The second-order valence-electron chi connectivity index (χ2n) is 8.04. The minimum Gasteiger partial charge on any atom is -0.475 e. The molecule has 4 aromatic heterocycles. The van der Waals surface area contributed by atoms with Crippen LogP contribution in [0.25, 0.3) is 27.9 Å². The molecule has 4 heterocycles. The first-order valence-electron chi connectivity index (χ1n) is 11.0. The Bertz CT molecular complexity index is 1700. The number of hydrogen-bond acceptors (Lipinski definition) is 7. The number of rotatable bonds is 4. The number of nitrogens with zero attached hydrogens (tertiary/aromatic N) is 5. The van der Waals surface area contributed by atoms with Gasteiger partial charge in [0.25, 0.3) is 5.56 Å². The van der Waals surface area contributed by atoms with Crippen molar-refractivity contribution in [2.45, 2.75) is 26.1 Å². The molecule has 5 rings (SSSR count). The molecule has 1 atom stereocenters. The zero-order valence-corrected chi connectivity index (χ0v) is 20.5. The summed E-state index contributed by atoms with van der Waals surface area (Å²) in [7, 11) is 0. The molecule has 3 N–H and O–H groups in total. The number of alkyl halides is 3. The van der Waals surface area contributed by atoms with E-state index in [9.17, 15) is 18.0 Å². The lowest BCUT2D eigenvalue weighted by Crippen LogP contribution is -2.24. The summed E-state index contributed by atoms with van der Waals surface area (Å²) in [6, 6.07) is 12.5. The maximum atomic E-state index is 13.6. The number of carbonyl (C=O) groups is 1. The minimum absolute atomic E-state index is 0.151. The number of benzene rings is 1. The molecular weight excluding hydrogens is 527 g/mol. The molecule has 1 unspecified atom stereocenters. The number of carboxylic acids is 1. The number of carboxylic acid groups (broad SMARTS) is 1. The molecule has 0 saturated carbocycles. The van der Waals surface area contributed by atoms with Gasteiger partial charge in [0.05, 0.1) is 23.6 Å². The van der Waals surface area contributed by atoms with E-state index in [0.717, 1.165) is 5.69 Å². The number of fused-ring (bicyclic) bond motifs is 2. The van der Waals surface area contributed by atoms with Crippen molar-refractivity contribution in [1.29, 1.82) is 0 Å². The fourth-order valence-electron chi connectivity index (χ4n) is 3.73. The summed E-state index contributed by atoms with van der Waals surface area (Å²) in [6.07, 6.45) is -2.06. The van der Waals surface area contributed by atoms with Crippen LogP contribution in [0.1, 0.15) is 24.4 Å². The van der Waals surface area contributed by atoms with E-state index >= 15 is 0 Å². The molecule has 1 aromatic carbocycles. The molecule has 0 aliphatic rings. The van der Waals surface area contributed by atoms with Crippen LogP contribution >= 0.6 is 11.6 Å². The highest BCUT2D eigenvalue weighted by Crippen LogP contribution is 2.29. The highest BCUT2D eigenvalue weighted by molar-refractivity contribution is 6.30. The van der Waals surface area contributed by atoms with E-state index in [4.69, 9.17) is 26.5 Å². The molecule has 14 heteroatoms. The number of aromatic amines is 1. The Morgan fingerprint density at radius 2 is 1.87 bits per heavy atom. The number of nitrogens with one attached hydrogen (secondary N) is 2. The maximum absolute atomic E-state index is 13.6. The highest BCUT2D eigenvalue weighted by Gasteiger charge is 2.38. The van der Waals surface area contributed by atoms with Gasteiger partial charge in [-0.1, -0.05) is 29.8 Å². The molecule has 0 radical (unpaired) electrons. The second-order valence-corrected chi connectivity index (χ2v) is 8.48. The summed E-state index contributed by atoms with van der Waals surface area (Å²) in [4.78, 5) is 43.1. The van der Waals surface area contributed by atoms with Gasteiger partial charge in [0, 0.05) is 10.7 Å². The van der Waals surface area contributed by atoms with Gasteiger partial charge in [-0.2, -0.15) is 13.2 Å². The number of imidazole rings is 1. The van der Waals surface area contributed by atoms with Gasteiger partial charge in [0.2, 0.25) is 0 Å². The van der Waals surface area contributed by atoms with Crippen LogP contribution in [0.3, 0.4) is 0 Å². The van der Waals surface area contributed by atoms with E-state index < -0.39 is 12.1 Å². The van der Waals surface area contributed by atoms with Gasteiger partial charge in [-0.25, -0.2) is 24.7 Å². The zero-order chi connectivity index (χ0) is 27.6. The first-order valence-corrected chi connectivity index (χ1v) is 11.3. The predicted octanol–water partition coefficient (Wildman–Crippen LogP) is 4.80. The lowest BCUT2D eigenvalue weighted by molar-refractivity contribution is -0.192. The van der Waals surface area contributed by atoms with Crippen LogP contribution in [0.15, 0.2) is 59.9 Å². The number of aromatic nitrogens is 6. The molecule has 0 aliphatic heterocycles. The smallest absolute Gasteiger partial charge is 0.475 e. The van der Waals surface area contributed by atoms with Crippen molar-refractivity contribution in [3.05, 3.63) is 81.9 Å². The normalized spacial score (nSPS) is 12.2. The summed E-state index contributed by atoms with van der Waals surface area (Å²) in [6.45, 7) is 3.82. The number of hydrogen-bond donors (Lipinski definition) is 3. The average Bonchev–Trinajstić information content (AvgIpc) is 3.33. The van der Waals surface area contributed by atoms with Crippen molar-refractivity contribution in [2.24, 2.45) is 0 Å². The van der Waals surface area contributed by atoms with Crippen molar-refractivity contribution in [2.75, 3.05) is 5.32 Å². The quantitative estimate of drug-likeness (QED) is 0.293. The highest BCUT2D eigenvalue weighted by atomic mass is 35.5. The zero-order valence-electron chi connectivity index (χ0n) is 19.8. The van der Waals surface area contributed by atoms with E-state index in [-0.39, 0.29) is 11.6 Å². The molecule has 0 bridgehead atoms. The van der Waals surface area contributed by atoms with Gasteiger partial charge in [-0.3, -0.25) is 9.20 Å². The van der Waals surface area contributed by atoms with E-state index in [1.54, 1.807) is 22.9 Å². The summed E-state index contributed by atoms with van der Waals surface area (Å²) < 4.78 is 33.4. The molecule has 0 spiro atoms. The first kappa shape index (κ1) is 26.5. The van der Waals surface area contributed by atoms with Gasteiger partial charge in [-0.05, 0) is 43.7 Å². The van der Waals surface area contributed by atoms with Crippen LogP contribution in [-0.2, 0) is 4.79 Å². The maximum Gasteiger partial charge on any atom is 0.490 e. The van der Waals surface area contributed by atoms with E-state index in [2.05, 4.69) is 25.3 Å². The number of pyridine rings is 1. The fourth-order valence-corrected chi connectivity index (χ4v) is 3.92. The first-order chi connectivity index (χ1) is 18.0. The molecule has 196 valence electrons. The van der Waals surface area contributed by atoms with Crippen LogP contribution in [0.2, 0.25) is 5.02 Å². The van der Waals surface area contributed by atoms with Crippen molar-refractivity contribution in [3.63, 3.8) is 0 Å². The fraction of sp³-hybridized carbons (Fsp3) is 0.167. The Balaban J connectivity index is 0.000000426. The summed E-state index contributed by atoms with van der Waals surface area (Å²) in [5.74, 6) is -2.20. The largest absolute Gasteiger partial charge is 0.490 e. The summed E-state index contributed by atoms with van der Waals surface area (Å²) in [5, 5.41) is 11.0. The topological polar surface area (TPSA) is 138 Å². The SMILES string of the molecule is Cc1cccc2nc(C(C)Nc3ncnc4[nH]cnc34)c(-c3cccc(Cl)c3)c(=O)n12.O=C(O)C(F)(F)F. The van der Waals surface area contributed by atoms with Crippen LogP contribution in [-0.4, -0.2) is 46.6 Å². The van der Waals surface area contributed by atoms with Crippen LogP contribution in [0, 0.1) is 6.92 Å². The van der Waals surface area contributed by atoms with E-state index in [1.165, 1.54) is 6.33 Å². The monoisotopic (exact) mass is 545 g/mol. The second kappa shape index (κ2) is 10.5. The van der Waals surface area contributed by atoms with Crippen LogP contribution in [0.5, 0.6) is 0 Å². The van der Waals surface area contributed by atoms with E-state index in [0.29, 0.717) is 44.5 Å². The van der Waals surface area contributed by atoms with Gasteiger partial charge >= 0.3 is 12.1 Å². The molecular formula is C24H19ClF3N7O3. The third-order valence-corrected chi connectivity index (χ3v) is 5.64. The Labute approximate surface area is 217 Å². The van der Waals surface area contributed by atoms with Gasteiger partial charge < -0.3 is 15.4 Å². The van der Waals surface area contributed by atoms with Crippen LogP contribution < -0.4 is 10.9 Å². The number of aliphatic carboxylic acids is 1. The lowest BCUT2D eigenvalue weighted by Gasteiger charge is -2.19. The van der Waals surface area contributed by atoms with E-state index in [1.807, 2.05) is 44.2 Å². The molecule has 38 heavy (non-hydrogen) atoms. The molecule has 0 saturated heterocycles. The molecule has 0 fully saturated rings. The molecule has 5 aromatic rings. The molecule has 10 nitrogen and oxygen atoms in total. The Kier molecular flexibility index (Phi) is 7.30. The van der Waals surface area contributed by atoms with Gasteiger partial charge in [-0.15, -0.1) is 0 Å². The van der Waals surface area contributed by atoms with Gasteiger partial charge in [0.15, 0.2) is 11.5 Å². The number of halogens is 4. The Morgan fingerprint density at radius 3 is 2.55 bits per heavy atom. The number of aryl methyl sites for hydroxylation is 1. The molecule has 0 aliphatic carbocycles. The average molecular weight is 546 g/mol. The Hall–Kier alpha value is -4.52. The van der Waals surface area contributed by atoms with Gasteiger partial charge in [0.1, 0.15) is 17.5 Å². The number of H-pyrrole nitrogens is 1. The number of anilines is 1.